The Balaban J connectivity index is 2.35. The third-order valence-corrected chi connectivity index (χ3v) is 2.99. The molecule has 2 aromatic carbocycles. The highest BCUT2D eigenvalue weighted by Gasteiger charge is 2.30. The maximum atomic E-state index is 12.2. The van der Waals surface area contributed by atoms with Gasteiger partial charge in [-0.25, -0.2) is 4.79 Å². The number of halogens is 3. The van der Waals surface area contributed by atoms with Crippen molar-refractivity contribution in [3.63, 3.8) is 0 Å². The van der Waals surface area contributed by atoms with E-state index in [4.69, 9.17) is 5.11 Å². The monoisotopic (exact) mass is 334 g/mol. The van der Waals surface area contributed by atoms with Crippen LogP contribution in [0.4, 0.5) is 13.2 Å². The molecule has 0 saturated heterocycles. The van der Waals surface area contributed by atoms with E-state index in [1.807, 2.05) is 30.3 Å². The molecule has 0 unspecified atom stereocenters. The number of hydrogen-bond acceptors (Lipinski definition) is 2. The fourth-order valence-electron chi connectivity index (χ4n) is 2.04. The predicted molar refractivity (Wildman–Crippen MR) is 83.4 cm³/mol. The SMILES string of the molecule is O=C(O)C=CC=C(c1ccccc1)c1ccc(OC(F)(F)F)cc1. The highest BCUT2D eigenvalue weighted by atomic mass is 19.4. The molecule has 124 valence electrons. The maximum Gasteiger partial charge on any atom is 0.573 e. The largest absolute Gasteiger partial charge is 0.573 e. The lowest BCUT2D eigenvalue weighted by atomic mass is 9.97. The zero-order chi connectivity index (χ0) is 17.6. The van der Waals surface area contributed by atoms with Crippen LogP contribution in [0.25, 0.3) is 5.57 Å². The molecule has 0 aliphatic heterocycles. The molecular formula is C18H13F3O3. The quantitative estimate of drug-likeness (QED) is 0.639. The Labute approximate surface area is 136 Å². The molecule has 24 heavy (non-hydrogen) atoms. The minimum Gasteiger partial charge on any atom is -0.478 e. The number of allylic oxidation sites excluding steroid dienone is 2. The summed E-state index contributed by atoms with van der Waals surface area (Å²) in [4.78, 5) is 10.6. The van der Waals surface area contributed by atoms with Gasteiger partial charge >= 0.3 is 12.3 Å². The number of carboxylic acids is 1. The molecule has 0 saturated carbocycles. The summed E-state index contributed by atoms with van der Waals surface area (Å²) in [6.45, 7) is 0. The highest BCUT2D eigenvalue weighted by Crippen LogP contribution is 2.27. The number of ether oxygens (including phenoxy) is 1. The Morgan fingerprint density at radius 1 is 0.958 bits per heavy atom. The van der Waals surface area contributed by atoms with Crippen LogP contribution in [0.2, 0.25) is 0 Å². The van der Waals surface area contributed by atoms with Gasteiger partial charge in [0.1, 0.15) is 5.75 Å². The Hall–Kier alpha value is -3.02. The van der Waals surface area contributed by atoms with Gasteiger partial charge in [-0.15, -0.1) is 13.2 Å². The van der Waals surface area contributed by atoms with Crippen molar-refractivity contribution in [1.82, 2.24) is 0 Å². The van der Waals surface area contributed by atoms with E-state index in [9.17, 15) is 18.0 Å². The molecule has 2 rings (SSSR count). The first-order valence-electron chi connectivity index (χ1n) is 6.88. The Morgan fingerprint density at radius 3 is 2.08 bits per heavy atom. The van der Waals surface area contributed by atoms with Crippen LogP contribution in [0.15, 0.2) is 72.8 Å². The van der Waals surface area contributed by atoms with E-state index in [1.165, 1.54) is 30.3 Å². The van der Waals surface area contributed by atoms with Crippen LogP contribution >= 0.6 is 0 Å². The summed E-state index contributed by atoms with van der Waals surface area (Å²) >= 11 is 0. The Kier molecular flexibility index (Phi) is 5.42. The van der Waals surface area contributed by atoms with Crippen LogP contribution < -0.4 is 4.74 Å². The first-order valence-corrected chi connectivity index (χ1v) is 6.88. The van der Waals surface area contributed by atoms with E-state index < -0.39 is 12.3 Å². The summed E-state index contributed by atoms with van der Waals surface area (Å²) in [7, 11) is 0. The van der Waals surface area contributed by atoms with Crippen molar-refractivity contribution in [3.05, 3.63) is 84.0 Å². The van der Waals surface area contributed by atoms with Gasteiger partial charge in [-0.2, -0.15) is 0 Å². The van der Waals surface area contributed by atoms with Crippen LogP contribution in [-0.2, 0) is 4.79 Å². The highest BCUT2D eigenvalue weighted by molar-refractivity contribution is 5.84. The molecule has 6 heteroatoms. The third-order valence-electron chi connectivity index (χ3n) is 2.99. The van der Waals surface area contributed by atoms with Crippen LogP contribution in [0.1, 0.15) is 11.1 Å². The summed E-state index contributed by atoms with van der Waals surface area (Å²) in [5, 5.41) is 8.67. The predicted octanol–water partition coefficient (Wildman–Crippen LogP) is 4.66. The summed E-state index contributed by atoms with van der Waals surface area (Å²) in [6.07, 6.45) is -0.818. The van der Waals surface area contributed by atoms with Gasteiger partial charge in [0, 0.05) is 6.08 Å². The lowest BCUT2D eigenvalue weighted by molar-refractivity contribution is -0.274. The molecule has 0 amide bonds. The van der Waals surface area contributed by atoms with E-state index in [-0.39, 0.29) is 5.75 Å². The van der Waals surface area contributed by atoms with E-state index in [1.54, 1.807) is 6.08 Å². The fourth-order valence-corrected chi connectivity index (χ4v) is 2.04. The van der Waals surface area contributed by atoms with Gasteiger partial charge in [0.15, 0.2) is 0 Å². The number of aliphatic carboxylic acids is 1. The van der Waals surface area contributed by atoms with Gasteiger partial charge in [0.05, 0.1) is 0 Å². The molecule has 1 N–H and O–H groups in total. The molecule has 0 spiro atoms. The van der Waals surface area contributed by atoms with Gasteiger partial charge in [-0.1, -0.05) is 54.6 Å². The summed E-state index contributed by atoms with van der Waals surface area (Å²) < 4.78 is 40.5. The molecule has 0 heterocycles. The van der Waals surface area contributed by atoms with Gasteiger partial charge in [0.25, 0.3) is 0 Å². The number of benzene rings is 2. The second-order valence-corrected chi connectivity index (χ2v) is 4.72. The molecule has 0 aromatic heterocycles. The zero-order valence-corrected chi connectivity index (χ0v) is 12.3. The minimum atomic E-state index is -4.75. The van der Waals surface area contributed by atoms with Crippen molar-refractivity contribution in [2.45, 2.75) is 6.36 Å². The second kappa shape index (κ2) is 7.50. The van der Waals surface area contributed by atoms with Gasteiger partial charge in [-0.05, 0) is 28.8 Å². The molecule has 0 fully saturated rings. The van der Waals surface area contributed by atoms with Gasteiger partial charge < -0.3 is 9.84 Å². The topological polar surface area (TPSA) is 46.5 Å². The average molecular weight is 334 g/mol. The zero-order valence-electron chi connectivity index (χ0n) is 12.3. The second-order valence-electron chi connectivity index (χ2n) is 4.72. The smallest absolute Gasteiger partial charge is 0.478 e. The van der Waals surface area contributed by atoms with Crippen LogP contribution in [0.5, 0.6) is 5.75 Å². The summed E-state index contributed by atoms with van der Waals surface area (Å²) in [5.74, 6) is -1.41. The van der Waals surface area contributed by atoms with E-state index in [2.05, 4.69) is 4.74 Å². The van der Waals surface area contributed by atoms with Crippen molar-refractivity contribution >= 4 is 11.5 Å². The molecule has 0 radical (unpaired) electrons. The molecule has 0 atom stereocenters. The molecular weight excluding hydrogens is 321 g/mol. The van der Waals surface area contributed by atoms with E-state index in [0.29, 0.717) is 11.1 Å². The molecule has 2 aromatic rings. The summed E-state index contributed by atoms with van der Waals surface area (Å²) in [6, 6.07) is 14.5. The lowest BCUT2D eigenvalue weighted by Crippen LogP contribution is -2.17. The van der Waals surface area contributed by atoms with Crippen molar-refractivity contribution in [3.8, 4) is 5.75 Å². The normalized spacial score (nSPS) is 12.4. The number of hydrogen-bond donors (Lipinski definition) is 1. The number of rotatable bonds is 5. The fraction of sp³-hybridized carbons (Fsp3) is 0.0556. The van der Waals surface area contributed by atoms with E-state index >= 15 is 0 Å². The van der Waals surface area contributed by atoms with Crippen LogP contribution in [-0.4, -0.2) is 17.4 Å². The number of carboxylic acid groups (broad SMARTS) is 1. The first kappa shape index (κ1) is 17.3. The first-order chi connectivity index (χ1) is 11.3. The standard InChI is InChI=1S/C18H13F3O3/c19-18(20,21)24-15-11-9-14(10-12-15)16(7-4-8-17(22)23)13-5-2-1-3-6-13/h1-12H,(H,22,23). The molecule has 0 aliphatic rings. The van der Waals surface area contributed by atoms with Crippen molar-refractivity contribution in [2.24, 2.45) is 0 Å². The Morgan fingerprint density at radius 2 is 1.54 bits per heavy atom. The number of carbonyl (C=O) groups is 1. The molecule has 0 bridgehead atoms. The van der Waals surface area contributed by atoms with Crippen LogP contribution in [0.3, 0.4) is 0 Å². The maximum absolute atomic E-state index is 12.2. The Bertz CT molecular complexity index is 745. The van der Waals surface area contributed by atoms with E-state index in [0.717, 1.165) is 11.6 Å². The number of alkyl halides is 3. The van der Waals surface area contributed by atoms with Crippen molar-refractivity contribution < 1.29 is 27.8 Å². The summed E-state index contributed by atoms with van der Waals surface area (Å²) in [5.41, 5.74) is 2.11. The minimum absolute atomic E-state index is 0.320. The molecule has 0 aliphatic carbocycles. The van der Waals surface area contributed by atoms with Crippen molar-refractivity contribution in [2.75, 3.05) is 0 Å². The average Bonchev–Trinajstić information content (AvgIpc) is 2.52. The lowest BCUT2D eigenvalue weighted by Gasteiger charge is -2.11. The van der Waals surface area contributed by atoms with Gasteiger partial charge in [-0.3, -0.25) is 0 Å². The van der Waals surface area contributed by atoms with Crippen LogP contribution in [0, 0.1) is 0 Å². The van der Waals surface area contributed by atoms with Crippen molar-refractivity contribution in [1.29, 1.82) is 0 Å². The third kappa shape index (κ3) is 5.31. The molecule has 3 nitrogen and oxygen atoms in total. The van der Waals surface area contributed by atoms with Gasteiger partial charge in [0.2, 0.25) is 0 Å².